The lowest BCUT2D eigenvalue weighted by Crippen LogP contribution is -2.13. The predicted octanol–water partition coefficient (Wildman–Crippen LogP) is 0.700. The van der Waals surface area contributed by atoms with E-state index in [0.29, 0.717) is 6.61 Å². The molecular weight excluding hydrogens is 188 g/mol. The molecule has 0 aliphatic carbocycles. The van der Waals surface area contributed by atoms with Crippen LogP contribution >= 0.6 is 0 Å². The molecule has 0 heterocycles. The Hall–Kier alpha value is -0.910. The van der Waals surface area contributed by atoms with Crippen LogP contribution in [0.4, 0.5) is 0 Å². The topological polar surface area (TPSA) is 54.0 Å². The summed E-state index contributed by atoms with van der Waals surface area (Å²) < 4.78 is 19.1. The van der Waals surface area contributed by atoms with Crippen LogP contribution in [0.15, 0.2) is 12.2 Å². The van der Waals surface area contributed by atoms with Gasteiger partial charge in [-0.15, -0.1) is 0 Å². The number of hydrogen-bond acceptors (Lipinski definition) is 5. The Morgan fingerprint density at radius 3 is 2.57 bits per heavy atom. The Kier molecular flexibility index (Phi) is 8.11. The highest BCUT2D eigenvalue weighted by molar-refractivity contribution is 5.87. The number of carbonyl (C=O) groups is 1. The minimum Gasteiger partial charge on any atom is -0.463 e. The summed E-state index contributed by atoms with van der Waals surface area (Å²) in [6.45, 7) is 5.89. The number of esters is 1. The van der Waals surface area contributed by atoms with Gasteiger partial charge in [-0.25, -0.2) is 4.79 Å². The summed E-state index contributed by atoms with van der Waals surface area (Å²) in [6, 6.07) is 0. The molecule has 0 aromatic carbocycles. The van der Waals surface area contributed by atoms with Crippen molar-refractivity contribution in [2.75, 3.05) is 33.9 Å². The lowest BCUT2D eigenvalue weighted by molar-refractivity contribution is -0.141. The molecule has 5 heteroatoms. The van der Waals surface area contributed by atoms with Crippen LogP contribution in [0, 0.1) is 0 Å². The lowest BCUT2D eigenvalue weighted by atomic mass is 10.3. The summed E-state index contributed by atoms with van der Waals surface area (Å²) in [5.41, 5.74) is 0.271. The highest BCUT2D eigenvalue weighted by Crippen LogP contribution is 1.95. The van der Waals surface area contributed by atoms with Crippen LogP contribution in [0.2, 0.25) is 0 Å². The molecule has 5 nitrogen and oxygen atoms in total. The van der Waals surface area contributed by atoms with Crippen molar-refractivity contribution in [3.8, 4) is 0 Å². The van der Waals surface area contributed by atoms with E-state index in [1.54, 1.807) is 6.92 Å². The Bertz CT molecular complexity index is 178. The molecule has 0 aliphatic heterocycles. The fourth-order valence-corrected chi connectivity index (χ4v) is 0.633. The second-order valence-corrected chi connectivity index (χ2v) is 2.40. The van der Waals surface area contributed by atoms with Crippen LogP contribution in [-0.4, -0.2) is 39.9 Å². The highest BCUT2D eigenvalue weighted by Gasteiger charge is 2.06. The van der Waals surface area contributed by atoms with E-state index < -0.39 is 5.97 Å². The zero-order chi connectivity index (χ0) is 10.8. The molecule has 0 atom stereocenters. The van der Waals surface area contributed by atoms with Gasteiger partial charge in [0.1, 0.15) is 13.6 Å². The van der Waals surface area contributed by atoms with E-state index in [9.17, 15) is 4.79 Å². The van der Waals surface area contributed by atoms with Gasteiger partial charge in [-0.05, 0) is 6.92 Å². The summed E-state index contributed by atoms with van der Waals surface area (Å²) in [6.07, 6.45) is 0. The average Bonchev–Trinajstić information content (AvgIpc) is 2.17. The third-order valence-electron chi connectivity index (χ3n) is 1.21. The average molecular weight is 204 g/mol. The fraction of sp³-hybridized carbons (Fsp3) is 0.667. The van der Waals surface area contributed by atoms with Crippen molar-refractivity contribution in [1.29, 1.82) is 0 Å². The number of hydrogen-bond donors (Lipinski definition) is 0. The van der Waals surface area contributed by atoms with Crippen LogP contribution in [0.25, 0.3) is 0 Å². The monoisotopic (exact) mass is 204 g/mol. The second kappa shape index (κ2) is 8.68. The lowest BCUT2D eigenvalue weighted by Gasteiger charge is -2.06. The highest BCUT2D eigenvalue weighted by atomic mass is 16.7. The molecule has 0 saturated carbocycles. The summed E-state index contributed by atoms with van der Waals surface area (Å²) in [5, 5.41) is 0. The van der Waals surface area contributed by atoms with E-state index in [1.165, 1.54) is 7.11 Å². The Labute approximate surface area is 83.6 Å². The first kappa shape index (κ1) is 13.1. The van der Waals surface area contributed by atoms with Crippen molar-refractivity contribution < 1.29 is 23.7 Å². The van der Waals surface area contributed by atoms with E-state index in [0.717, 1.165) is 0 Å². The normalized spacial score (nSPS) is 9.86. The van der Waals surface area contributed by atoms with Crippen LogP contribution < -0.4 is 0 Å². The number of rotatable bonds is 8. The zero-order valence-electron chi connectivity index (χ0n) is 8.58. The minimum atomic E-state index is -0.445. The minimum absolute atomic E-state index is 0.0618. The van der Waals surface area contributed by atoms with Crippen molar-refractivity contribution in [3.63, 3.8) is 0 Å². The number of methoxy groups -OCH3 is 1. The van der Waals surface area contributed by atoms with Crippen molar-refractivity contribution in [1.82, 2.24) is 0 Å². The van der Waals surface area contributed by atoms with E-state index in [2.05, 4.69) is 11.3 Å². The summed E-state index contributed by atoms with van der Waals surface area (Å²) in [7, 11) is 1.51. The van der Waals surface area contributed by atoms with Crippen molar-refractivity contribution in [2.45, 2.75) is 6.92 Å². The van der Waals surface area contributed by atoms with Gasteiger partial charge in [-0.3, -0.25) is 0 Å². The van der Waals surface area contributed by atoms with Gasteiger partial charge in [0.25, 0.3) is 0 Å². The van der Waals surface area contributed by atoms with Gasteiger partial charge in [0.2, 0.25) is 0 Å². The first-order valence-corrected chi connectivity index (χ1v) is 4.21. The quantitative estimate of drug-likeness (QED) is 0.252. The molecule has 0 fully saturated rings. The van der Waals surface area contributed by atoms with Gasteiger partial charge in [0.15, 0.2) is 0 Å². The van der Waals surface area contributed by atoms with E-state index in [-0.39, 0.29) is 25.8 Å². The molecule has 0 unspecified atom stereocenters. The summed E-state index contributed by atoms with van der Waals surface area (Å²) in [4.78, 5) is 11.0. The van der Waals surface area contributed by atoms with Crippen LogP contribution in [0.5, 0.6) is 0 Å². The van der Waals surface area contributed by atoms with Crippen molar-refractivity contribution >= 4 is 5.97 Å². The smallest absolute Gasteiger partial charge is 0.335 e. The molecule has 14 heavy (non-hydrogen) atoms. The number of ether oxygens (including phenoxy) is 4. The molecule has 0 aromatic heterocycles. The molecule has 0 N–H and O–H groups in total. The molecule has 82 valence electrons. The third kappa shape index (κ3) is 6.59. The maximum absolute atomic E-state index is 11.0. The number of carbonyl (C=O) groups excluding carboxylic acids is 1. The SMILES string of the molecule is C=C(COCOCOC)C(=O)OCC. The molecule has 0 radical (unpaired) electrons. The van der Waals surface area contributed by atoms with Crippen molar-refractivity contribution in [3.05, 3.63) is 12.2 Å². The molecular formula is C9H16O5. The van der Waals surface area contributed by atoms with Crippen LogP contribution in [0.3, 0.4) is 0 Å². The molecule has 0 aromatic rings. The first-order valence-electron chi connectivity index (χ1n) is 4.21. The molecule has 0 rings (SSSR count). The van der Waals surface area contributed by atoms with Crippen molar-refractivity contribution in [2.24, 2.45) is 0 Å². The summed E-state index contributed by atoms with van der Waals surface area (Å²) in [5.74, 6) is -0.445. The summed E-state index contributed by atoms with van der Waals surface area (Å²) >= 11 is 0. The zero-order valence-corrected chi connectivity index (χ0v) is 8.58. The maximum Gasteiger partial charge on any atom is 0.335 e. The largest absolute Gasteiger partial charge is 0.463 e. The van der Waals surface area contributed by atoms with Gasteiger partial charge in [0.05, 0.1) is 18.8 Å². The molecule has 0 aliphatic rings. The first-order chi connectivity index (χ1) is 6.72. The Morgan fingerprint density at radius 2 is 2.00 bits per heavy atom. The van der Waals surface area contributed by atoms with E-state index in [1.807, 2.05) is 0 Å². The Morgan fingerprint density at radius 1 is 1.29 bits per heavy atom. The van der Waals surface area contributed by atoms with Gasteiger partial charge in [0, 0.05) is 7.11 Å². The molecule has 0 saturated heterocycles. The van der Waals surface area contributed by atoms with Gasteiger partial charge in [-0.2, -0.15) is 0 Å². The Balaban J connectivity index is 3.39. The van der Waals surface area contributed by atoms with Gasteiger partial charge in [-0.1, -0.05) is 6.58 Å². The molecule has 0 amide bonds. The maximum atomic E-state index is 11.0. The van der Waals surface area contributed by atoms with E-state index >= 15 is 0 Å². The third-order valence-corrected chi connectivity index (χ3v) is 1.21. The van der Waals surface area contributed by atoms with Crippen LogP contribution in [-0.2, 0) is 23.7 Å². The molecule has 0 bridgehead atoms. The van der Waals surface area contributed by atoms with Gasteiger partial charge >= 0.3 is 5.97 Å². The van der Waals surface area contributed by atoms with Gasteiger partial charge < -0.3 is 18.9 Å². The van der Waals surface area contributed by atoms with Crippen LogP contribution in [0.1, 0.15) is 6.92 Å². The predicted molar refractivity (Wildman–Crippen MR) is 49.6 cm³/mol. The second-order valence-electron chi connectivity index (χ2n) is 2.40. The molecule has 0 spiro atoms. The van der Waals surface area contributed by atoms with E-state index in [4.69, 9.17) is 14.2 Å². The standard InChI is InChI=1S/C9H16O5/c1-4-14-9(10)8(2)5-12-7-13-6-11-3/h2,4-7H2,1,3H3. The fourth-order valence-electron chi connectivity index (χ4n) is 0.633.